The fourth-order valence-corrected chi connectivity index (χ4v) is 2.29. The van der Waals surface area contributed by atoms with Crippen LogP contribution in [0.5, 0.6) is 0 Å². The summed E-state index contributed by atoms with van der Waals surface area (Å²) in [4.78, 5) is 0. The number of hydrogen-bond donors (Lipinski definition) is 0. The van der Waals surface area contributed by atoms with Gasteiger partial charge in [-0.1, -0.05) is 0 Å². The average molecular weight is 492 g/mol. The maximum absolute atomic E-state index is 4.26. The smallest absolute Gasteiger partial charge is 0.0832 e. The van der Waals surface area contributed by atoms with Crippen LogP contribution in [-0.2, 0) is 22.4 Å². The first-order valence-corrected chi connectivity index (χ1v) is 6.50. The van der Waals surface area contributed by atoms with Crippen molar-refractivity contribution in [1.29, 1.82) is 0 Å². The third kappa shape index (κ3) is 91.2. The predicted molar refractivity (Wildman–Crippen MR) is 57.8 cm³/mol. The van der Waals surface area contributed by atoms with Crippen molar-refractivity contribution in [2.45, 2.75) is 38.3 Å². The van der Waals surface area contributed by atoms with Gasteiger partial charge < -0.3 is 74.4 Å². The van der Waals surface area contributed by atoms with Gasteiger partial charge in [0.15, 0.2) is 0 Å². The third-order valence-corrected chi connectivity index (χ3v) is 3.83. The Morgan fingerprint density at radius 2 is 0.895 bits per heavy atom. The number of hydrogen-bond acceptors (Lipinski definition) is 1. The van der Waals surface area contributed by atoms with Gasteiger partial charge in [-0.25, -0.2) is 0 Å². The molecule has 1 nitrogen and oxygen atoms in total. The molecule has 0 aliphatic carbocycles. The molecule has 0 aromatic heterocycles. The van der Waals surface area contributed by atoms with Crippen LogP contribution < -0.4 is 74.4 Å². The van der Waals surface area contributed by atoms with Crippen LogP contribution in [0.15, 0.2) is 0 Å². The summed E-state index contributed by atoms with van der Waals surface area (Å²) in [6.07, 6.45) is 0. The zero-order valence-electron chi connectivity index (χ0n) is 11.0. The molecule has 0 rings (SSSR count). The molecule has 0 bridgehead atoms. The monoisotopic (exact) mass is 488 g/mol. The quantitative estimate of drug-likeness (QED) is 0.355. The van der Waals surface area contributed by atoms with E-state index >= 15 is 0 Å². The van der Waals surface area contributed by atoms with Crippen molar-refractivity contribution in [3.63, 3.8) is 0 Å². The van der Waals surface area contributed by atoms with Crippen molar-refractivity contribution >= 4 is 39.0 Å². The summed E-state index contributed by atoms with van der Waals surface area (Å²) in [7, 11) is 0. The molecule has 0 heterocycles. The van der Waals surface area contributed by atoms with Crippen LogP contribution in [-0.4, -0.2) is 15.2 Å². The van der Waals surface area contributed by atoms with E-state index in [4.69, 9.17) is 0 Å². The van der Waals surface area contributed by atoms with Crippen molar-refractivity contribution in [3.05, 3.63) is 0 Å². The van der Waals surface area contributed by atoms with E-state index in [9.17, 15) is 0 Å². The summed E-state index contributed by atoms with van der Waals surface area (Å²) in [6.45, 7) is 9.25. The summed E-state index contributed by atoms with van der Waals surface area (Å²) in [5.41, 5.74) is 0. The van der Waals surface area contributed by atoms with Gasteiger partial charge in [-0.05, 0) is 0 Å². The second-order valence-corrected chi connectivity index (χ2v) is 5.59. The Labute approximate surface area is 184 Å². The molecular formula is C8H18AlCl8OV-5. The second-order valence-electron chi connectivity index (χ2n) is 3.61. The first-order chi connectivity index (χ1) is 5.54. The van der Waals surface area contributed by atoms with Crippen molar-refractivity contribution in [1.82, 2.24) is 0 Å². The van der Waals surface area contributed by atoms with E-state index in [1.807, 2.05) is 0 Å². The van der Waals surface area contributed by atoms with E-state index in [1.54, 1.807) is 0 Å². The molecule has 0 unspecified atom stereocenters. The van der Waals surface area contributed by atoms with E-state index in [2.05, 4.69) is 55.3 Å². The van der Waals surface area contributed by atoms with Crippen LogP contribution >= 0.6 is 23.7 Å². The Kier molecular flexibility index (Phi) is 149. The van der Waals surface area contributed by atoms with E-state index in [-0.39, 0.29) is 93.0 Å². The standard InChI is InChI=1S/2C4H9.Al.Cl2O.6ClH.V/c2*1-4(2)3;;1-3-2;;;;;;;/h2*4H,1H2,2-3H3;;;6*1H;/q;;+1;;;;;;;;/p-6. The molecule has 0 fully saturated rings. The summed E-state index contributed by atoms with van der Waals surface area (Å²) in [6, 6.07) is 0. The molecule has 0 spiro atoms. The molecule has 0 aromatic carbocycles. The SMILES string of the molecule is CC(C)[CH2][Al+][CH2]C(C)C.ClOCl.[Cl-].[Cl-].[Cl-].[Cl-].[Cl-].[Cl-].[V]. The van der Waals surface area contributed by atoms with Gasteiger partial charge in [-0.15, -0.1) is 0 Å². The molecule has 19 heavy (non-hydrogen) atoms. The molecule has 125 valence electrons. The third-order valence-electron chi connectivity index (χ3n) is 1.28. The van der Waals surface area contributed by atoms with Gasteiger partial charge in [-0.2, -0.15) is 3.84 Å². The second kappa shape index (κ2) is 49.6. The van der Waals surface area contributed by atoms with Gasteiger partial charge >= 0.3 is 65.3 Å². The van der Waals surface area contributed by atoms with Crippen molar-refractivity contribution in [3.8, 4) is 0 Å². The Balaban J connectivity index is -0.0000000132. The molecule has 11 heteroatoms. The Bertz CT molecular complexity index is 87.1. The van der Waals surface area contributed by atoms with Gasteiger partial charge in [0.05, 0.1) is 23.7 Å². The summed E-state index contributed by atoms with van der Waals surface area (Å²) >= 11 is 9.28. The van der Waals surface area contributed by atoms with Gasteiger partial charge in [-0.3, -0.25) is 0 Å². The van der Waals surface area contributed by atoms with Crippen LogP contribution in [0.2, 0.25) is 10.6 Å². The van der Waals surface area contributed by atoms with E-state index in [0.29, 0.717) is 0 Å². The minimum absolute atomic E-state index is 0. The van der Waals surface area contributed by atoms with Crippen LogP contribution in [0.3, 0.4) is 0 Å². The van der Waals surface area contributed by atoms with Gasteiger partial charge in [0, 0.05) is 18.6 Å². The van der Waals surface area contributed by atoms with Crippen molar-refractivity contribution in [2.75, 3.05) is 0 Å². The molecule has 1 radical (unpaired) electrons. The van der Waals surface area contributed by atoms with Gasteiger partial charge in [0.2, 0.25) is 0 Å². The average Bonchev–Trinajstić information content (AvgIpc) is 1.87. The van der Waals surface area contributed by atoms with Crippen molar-refractivity contribution < 1.29 is 96.8 Å². The molecule has 0 atom stereocenters. The molecule has 0 N–H and O–H groups in total. The first-order valence-electron chi connectivity index (χ1n) is 4.25. The topological polar surface area (TPSA) is 9.23 Å². The minimum Gasteiger partial charge on any atom is -1.00 e. The van der Waals surface area contributed by atoms with Gasteiger partial charge in [0.1, 0.15) is 0 Å². The normalized spacial score (nSPS) is 5.89. The van der Waals surface area contributed by atoms with E-state index in [1.165, 1.54) is 10.6 Å². The fraction of sp³-hybridized carbons (Fsp3) is 1.00. The van der Waals surface area contributed by atoms with Crippen LogP contribution in [0, 0.1) is 11.8 Å². The fourth-order valence-electron chi connectivity index (χ4n) is 0.763. The maximum Gasteiger partial charge on any atom is 0.0832 e. The largest absolute Gasteiger partial charge is 1.00 e. The Hall–Kier alpha value is 3.40. The maximum atomic E-state index is 4.26. The Morgan fingerprint density at radius 3 is 1.00 bits per heavy atom. The van der Waals surface area contributed by atoms with Crippen LogP contribution in [0.1, 0.15) is 27.7 Å². The zero-order chi connectivity index (χ0) is 9.98. The number of halogens is 8. The first kappa shape index (κ1) is 57.1. The van der Waals surface area contributed by atoms with Crippen LogP contribution in [0.4, 0.5) is 0 Å². The summed E-state index contributed by atoms with van der Waals surface area (Å²) in [5.74, 6) is 1.86. The zero-order valence-corrected chi connectivity index (χ0v) is 19.6. The van der Waals surface area contributed by atoms with Gasteiger partial charge in [0.25, 0.3) is 0 Å². The summed E-state index contributed by atoms with van der Waals surface area (Å²) < 4.78 is 3.19. The van der Waals surface area contributed by atoms with Crippen molar-refractivity contribution in [2.24, 2.45) is 11.8 Å². The van der Waals surface area contributed by atoms with Crippen LogP contribution in [0.25, 0.3) is 0 Å². The molecule has 0 aliphatic heterocycles. The molecule has 0 saturated heterocycles. The summed E-state index contributed by atoms with van der Waals surface area (Å²) in [5, 5.41) is 2.97. The Morgan fingerprint density at radius 1 is 0.737 bits per heavy atom. The minimum atomic E-state index is 0. The molecule has 0 aliphatic rings. The molecular weight excluding hydrogens is 474 g/mol. The molecule has 0 amide bonds. The predicted octanol–water partition coefficient (Wildman–Crippen LogP) is -13.8. The number of rotatable bonds is 4. The molecule has 0 aromatic rings. The van der Waals surface area contributed by atoms with E-state index < -0.39 is 0 Å². The van der Waals surface area contributed by atoms with E-state index in [0.717, 1.165) is 27.1 Å². The molecule has 0 saturated carbocycles.